The molecule has 0 radical (unpaired) electrons. The summed E-state index contributed by atoms with van der Waals surface area (Å²) < 4.78 is 12.8. The molecule has 1 N–H and O–H groups in total. The van der Waals surface area contributed by atoms with Crippen LogP contribution in [0.15, 0.2) is 48.5 Å². The van der Waals surface area contributed by atoms with E-state index in [-0.39, 0.29) is 11.9 Å². The summed E-state index contributed by atoms with van der Waals surface area (Å²) in [4.78, 5) is 0. The van der Waals surface area contributed by atoms with Crippen molar-refractivity contribution in [1.29, 1.82) is 0 Å². The van der Waals surface area contributed by atoms with Crippen molar-refractivity contribution in [1.82, 2.24) is 5.32 Å². The van der Waals surface area contributed by atoms with Crippen LogP contribution in [0.3, 0.4) is 0 Å². The van der Waals surface area contributed by atoms with Gasteiger partial charge in [0.05, 0.1) is 0 Å². The van der Waals surface area contributed by atoms with Crippen molar-refractivity contribution < 1.29 is 4.39 Å². The van der Waals surface area contributed by atoms with Crippen LogP contribution >= 0.6 is 0 Å². The molecule has 2 heteroatoms. The Morgan fingerprint density at radius 3 is 2.50 bits per heavy atom. The summed E-state index contributed by atoms with van der Waals surface area (Å²) in [7, 11) is 0. The fourth-order valence-electron chi connectivity index (χ4n) is 1.96. The van der Waals surface area contributed by atoms with Crippen LogP contribution in [0.25, 0.3) is 0 Å². The van der Waals surface area contributed by atoms with E-state index in [1.165, 1.54) is 23.3 Å². The van der Waals surface area contributed by atoms with Crippen LogP contribution in [0, 0.1) is 12.7 Å². The van der Waals surface area contributed by atoms with E-state index in [1.807, 2.05) is 12.1 Å². The second-order valence-electron chi connectivity index (χ2n) is 4.64. The Bertz CT molecular complexity index is 505. The van der Waals surface area contributed by atoms with E-state index in [1.54, 1.807) is 0 Å². The van der Waals surface area contributed by atoms with E-state index in [2.05, 4.69) is 43.4 Å². The molecule has 0 aromatic heterocycles. The van der Waals surface area contributed by atoms with Crippen molar-refractivity contribution in [3.8, 4) is 0 Å². The summed E-state index contributed by atoms with van der Waals surface area (Å²) in [6.07, 6.45) is 0. The van der Waals surface area contributed by atoms with Crippen LogP contribution in [0.5, 0.6) is 0 Å². The fraction of sp³-hybridized carbons (Fsp3) is 0.250. The molecular weight excluding hydrogens is 225 g/mol. The first-order valence-electron chi connectivity index (χ1n) is 6.19. The molecule has 0 saturated heterocycles. The molecular formula is C16H18FN. The van der Waals surface area contributed by atoms with E-state index in [4.69, 9.17) is 0 Å². The average molecular weight is 243 g/mol. The molecule has 94 valence electrons. The largest absolute Gasteiger partial charge is 0.306 e. The minimum atomic E-state index is -0.190. The molecule has 0 saturated carbocycles. The molecule has 2 aromatic carbocycles. The molecule has 2 rings (SSSR count). The maximum atomic E-state index is 12.8. The first-order valence-corrected chi connectivity index (χ1v) is 6.19. The molecule has 1 nitrogen and oxygen atoms in total. The van der Waals surface area contributed by atoms with E-state index >= 15 is 0 Å². The Hall–Kier alpha value is -1.67. The van der Waals surface area contributed by atoms with Crippen LogP contribution in [0.2, 0.25) is 0 Å². The maximum Gasteiger partial charge on any atom is 0.123 e. The number of hydrogen-bond acceptors (Lipinski definition) is 1. The fourth-order valence-corrected chi connectivity index (χ4v) is 1.96. The van der Waals surface area contributed by atoms with Gasteiger partial charge in [0.1, 0.15) is 5.82 Å². The van der Waals surface area contributed by atoms with Crippen molar-refractivity contribution in [2.24, 2.45) is 0 Å². The van der Waals surface area contributed by atoms with Crippen molar-refractivity contribution in [3.05, 3.63) is 71.0 Å². The first kappa shape index (κ1) is 12.8. The Morgan fingerprint density at radius 1 is 1.11 bits per heavy atom. The topological polar surface area (TPSA) is 12.0 Å². The van der Waals surface area contributed by atoms with Gasteiger partial charge >= 0.3 is 0 Å². The average Bonchev–Trinajstić information content (AvgIpc) is 2.37. The zero-order valence-electron chi connectivity index (χ0n) is 10.8. The lowest BCUT2D eigenvalue weighted by Gasteiger charge is -2.14. The highest BCUT2D eigenvalue weighted by Crippen LogP contribution is 2.14. The molecule has 1 unspecified atom stereocenters. The van der Waals surface area contributed by atoms with Gasteiger partial charge in [0, 0.05) is 12.6 Å². The maximum absolute atomic E-state index is 12.8. The highest BCUT2D eigenvalue weighted by Gasteiger charge is 2.04. The van der Waals surface area contributed by atoms with E-state index < -0.39 is 0 Å². The molecule has 0 aliphatic heterocycles. The summed E-state index contributed by atoms with van der Waals surface area (Å²) in [6, 6.07) is 15.3. The van der Waals surface area contributed by atoms with Gasteiger partial charge in [0.25, 0.3) is 0 Å². The van der Waals surface area contributed by atoms with Gasteiger partial charge in [-0.15, -0.1) is 0 Å². The van der Waals surface area contributed by atoms with Crippen LogP contribution in [-0.4, -0.2) is 0 Å². The number of benzene rings is 2. The quantitative estimate of drug-likeness (QED) is 0.856. The molecule has 0 aliphatic rings. The lowest BCUT2D eigenvalue weighted by molar-refractivity contribution is 0.571. The zero-order valence-corrected chi connectivity index (χ0v) is 10.8. The molecule has 0 heterocycles. The second-order valence-corrected chi connectivity index (χ2v) is 4.64. The minimum Gasteiger partial charge on any atom is -0.306 e. The lowest BCUT2D eigenvalue weighted by atomic mass is 10.1. The second kappa shape index (κ2) is 5.78. The van der Waals surface area contributed by atoms with Crippen LogP contribution < -0.4 is 5.32 Å². The van der Waals surface area contributed by atoms with Gasteiger partial charge in [-0.2, -0.15) is 0 Å². The van der Waals surface area contributed by atoms with Crippen molar-refractivity contribution in [2.45, 2.75) is 26.4 Å². The van der Waals surface area contributed by atoms with Gasteiger partial charge in [0.2, 0.25) is 0 Å². The van der Waals surface area contributed by atoms with E-state index in [9.17, 15) is 4.39 Å². The monoisotopic (exact) mass is 243 g/mol. The summed E-state index contributed by atoms with van der Waals surface area (Å²) >= 11 is 0. The predicted octanol–water partition coefficient (Wildman–Crippen LogP) is 3.98. The Balaban J connectivity index is 1.96. The van der Waals surface area contributed by atoms with Gasteiger partial charge in [-0.3, -0.25) is 0 Å². The molecule has 2 aromatic rings. The van der Waals surface area contributed by atoms with Crippen LogP contribution in [0.1, 0.15) is 29.7 Å². The van der Waals surface area contributed by atoms with Crippen molar-refractivity contribution in [3.63, 3.8) is 0 Å². The predicted molar refractivity (Wildman–Crippen MR) is 72.8 cm³/mol. The normalized spacial score (nSPS) is 12.4. The SMILES string of the molecule is Cc1cccc(CNC(C)c2ccc(F)cc2)c1. The molecule has 0 spiro atoms. The lowest BCUT2D eigenvalue weighted by Crippen LogP contribution is -2.18. The number of halogens is 1. The standard InChI is InChI=1S/C16H18FN/c1-12-4-3-5-14(10-12)11-18-13(2)15-6-8-16(17)9-7-15/h3-10,13,18H,11H2,1-2H3. The summed E-state index contributed by atoms with van der Waals surface area (Å²) in [5, 5.41) is 3.44. The summed E-state index contributed by atoms with van der Waals surface area (Å²) in [5.41, 5.74) is 3.64. The Kier molecular flexibility index (Phi) is 4.11. The number of nitrogens with one attached hydrogen (secondary N) is 1. The van der Waals surface area contributed by atoms with Gasteiger partial charge in [-0.25, -0.2) is 4.39 Å². The van der Waals surface area contributed by atoms with Gasteiger partial charge in [0.15, 0.2) is 0 Å². The van der Waals surface area contributed by atoms with Gasteiger partial charge in [-0.05, 0) is 37.1 Å². The molecule has 0 fully saturated rings. The molecule has 0 amide bonds. The van der Waals surface area contributed by atoms with Gasteiger partial charge in [-0.1, -0.05) is 42.0 Å². The van der Waals surface area contributed by atoms with Gasteiger partial charge < -0.3 is 5.32 Å². The summed E-state index contributed by atoms with van der Waals surface area (Å²) in [5.74, 6) is -0.190. The highest BCUT2D eigenvalue weighted by atomic mass is 19.1. The Labute approximate surface area is 108 Å². The zero-order chi connectivity index (χ0) is 13.0. The highest BCUT2D eigenvalue weighted by molar-refractivity contribution is 5.23. The van der Waals surface area contributed by atoms with Crippen LogP contribution in [-0.2, 0) is 6.54 Å². The third-order valence-electron chi connectivity index (χ3n) is 3.06. The van der Waals surface area contributed by atoms with Crippen molar-refractivity contribution in [2.75, 3.05) is 0 Å². The van der Waals surface area contributed by atoms with E-state index in [0.29, 0.717) is 0 Å². The molecule has 18 heavy (non-hydrogen) atoms. The number of aryl methyl sites for hydroxylation is 1. The molecule has 1 atom stereocenters. The molecule has 0 aliphatic carbocycles. The molecule has 0 bridgehead atoms. The Morgan fingerprint density at radius 2 is 1.83 bits per heavy atom. The van der Waals surface area contributed by atoms with Crippen molar-refractivity contribution >= 4 is 0 Å². The smallest absolute Gasteiger partial charge is 0.123 e. The van der Waals surface area contributed by atoms with E-state index in [0.717, 1.165) is 12.1 Å². The first-order chi connectivity index (χ1) is 8.65. The minimum absolute atomic E-state index is 0.190. The number of hydrogen-bond donors (Lipinski definition) is 1. The number of rotatable bonds is 4. The summed E-state index contributed by atoms with van der Waals surface area (Å²) in [6.45, 7) is 5.00. The third-order valence-corrected chi connectivity index (χ3v) is 3.06. The van der Waals surface area contributed by atoms with Crippen LogP contribution in [0.4, 0.5) is 4.39 Å². The third kappa shape index (κ3) is 3.41.